The van der Waals surface area contributed by atoms with Gasteiger partial charge in [-0.15, -0.1) is 0 Å². The van der Waals surface area contributed by atoms with Gasteiger partial charge < -0.3 is 32.9 Å². The molecule has 0 radical (unpaired) electrons. The molecule has 0 saturated heterocycles. The monoisotopic (exact) mass is 586 g/mol. The van der Waals surface area contributed by atoms with E-state index in [4.69, 9.17) is 28.4 Å². The van der Waals surface area contributed by atoms with Crippen LogP contribution in [0.5, 0.6) is 23.0 Å². The highest BCUT2D eigenvalue weighted by Crippen LogP contribution is 2.43. The number of unbranched alkanes of at least 4 members (excludes halogenated alkanes) is 2. The molecule has 42 heavy (non-hydrogen) atoms. The Morgan fingerprint density at radius 1 is 0.786 bits per heavy atom. The summed E-state index contributed by atoms with van der Waals surface area (Å²) in [6.07, 6.45) is 5.56. The highest BCUT2D eigenvalue weighted by Gasteiger charge is 2.40. The Balaban J connectivity index is 1.68. The summed E-state index contributed by atoms with van der Waals surface area (Å²) in [6, 6.07) is 10.3. The van der Waals surface area contributed by atoms with Gasteiger partial charge in [-0.2, -0.15) is 0 Å². The average molecular weight is 587 g/mol. The van der Waals surface area contributed by atoms with Gasteiger partial charge in [0.2, 0.25) is 0 Å². The summed E-state index contributed by atoms with van der Waals surface area (Å²) in [5.74, 6) is 2.46. The van der Waals surface area contributed by atoms with Crippen molar-refractivity contribution in [1.29, 1.82) is 0 Å². The molecule has 0 saturated carbocycles. The summed E-state index contributed by atoms with van der Waals surface area (Å²) < 4.78 is 33.7. The van der Waals surface area contributed by atoms with Crippen LogP contribution in [0, 0.1) is 0 Å². The molecule has 0 fully saturated rings. The fraction of sp³-hybridized carbons (Fsp3) is 0.576. The Morgan fingerprint density at radius 2 is 1.38 bits per heavy atom. The molecular formula is C33H48NO8+. The number of likely N-dealkylation sites (N-methyl/N-ethyl adjacent to an activating group) is 1. The molecule has 9 heteroatoms. The summed E-state index contributed by atoms with van der Waals surface area (Å²) in [4.78, 5) is 24.2. The van der Waals surface area contributed by atoms with Crippen LogP contribution in [0.3, 0.4) is 0 Å². The van der Waals surface area contributed by atoms with Crippen molar-refractivity contribution in [2.24, 2.45) is 0 Å². The normalized spacial score (nSPS) is 17.6. The lowest BCUT2D eigenvalue weighted by Crippen LogP contribution is -2.53. The topological polar surface area (TPSA) is 89.5 Å². The maximum Gasteiger partial charge on any atom is 0.311 e. The minimum Gasteiger partial charge on any atom is -0.493 e. The minimum atomic E-state index is -0.188. The van der Waals surface area contributed by atoms with Gasteiger partial charge in [0.1, 0.15) is 6.04 Å². The quantitative estimate of drug-likeness (QED) is 0.137. The van der Waals surface area contributed by atoms with E-state index in [1.165, 1.54) is 11.1 Å². The van der Waals surface area contributed by atoms with E-state index in [9.17, 15) is 9.59 Å². The number of hydrogen-bond acceptors (Lipinski definition) is 8. The Hall–Kier alpha value is -3.46. The second kappa shape index (κ2) is 16.2. The van der Waals surface area contributed by atoms with E-state index in [2.05, 4.69) is 25.2 Å². The van der Waals surface area contributed by atoms with E-state index in [0.29, 0.717) is 54.3 Å². The fourth-order valence-electron chi connectivity index (χ4n) is 5.61. The van der Waals surface area contributed by atoms with Crippen LogP contribution < -0.4 is 18.9 Å². The molecule has 9 nitrogen and oxygen atoms in total. The highest BCUT2D eigenvalue weighted by molar-refractivity contribution is 5.69. The van der Waals surface area contributed by atoms with E-state index >= 15 is 0 Å². The van der Waals surface area contributed by atoms with E-state index in [1.807, 2.05) is 19.1 Å². The van der Waals surface area contributed by atoms with Crippen LogP contribution in [0.25, 0.3) is 0 Å². The van der Waals surface area contributed by atoms with Crippen LogP contribution in [0.1, 0.15) is 68.2 Å². The first-order valence-corrected chi connectivity index (χ1v) is 14.9. The predicted octanol–water partition coefficient (Wildman–Crippen LogP) is 5.45. The number of rotatable bonds is 17. The van der Waals surface area contributed by atoms with Crippen LogP contribution >= 0.6 is 0 Å². The molecule has 3 rings (SSSR count). The maximum atomic E-state index is 12.8. The standard InChI is InChI=1S/C33H48NO8/c1-7-11-32(35)41-18-9-8-10-19-42-33(36)15-17-34(2)16-14-25-22-30(39-5)31(40-6)23-26(25)27(34)20-24-12-13-28(37-3)29(21-24)38-4/h12-13,21-23,27H,7-11,14-20H2,1-6H3/q+1/t27-,34-/m1/s1. The summed E-state index contributed by atoms with van der Waals surface area (Å²) >= 11 is 0. The third kappa shape index (κ3) is 8.77. The number of quaternary nitrogens is 1. The zero-order valence-electron chi connectivity index (χ0n) is 26.2. The number of fused-ring (bicyclic) bond motifs is 1. The molecule has 1 heterocycles. The van der Waals surface area contributed by atoms with Crippen molar-refractivity contribution in [3.05, 3.63) is 47.0 Å². The lowest BCUT2D eigenvalue weighted by atomic mass is 9.86. The fourth-order valence-corrected chi connectivity index (χ4v) is 5.61. The molecule has 2 atom stereocenters. The average Bonchev–Trinajstić information content (AvgIpc) is 3.00. The third-order valence-electron chi connectivity index (χ3n) is 8.12. The number of hydrogen-bond donors (Lipinski definition) is 0. The molecule has 0 aromatic heterocycles. The largest absolute Gasteiger partial charge is 0.493 e. The summed E-state index contributed by atoms with van der Waals surface area (Å²) in [6.45, 7) is 4.28. The van der Waals surface area contributed by atoms with Gasteiger partial charge in [-0.1, -0.05) is 13.0 Å². The van der Waals surface area contributed by atoms with Crippen molar-refractivity contribution < 1.29 is 42.5 Å². The molecule has 0 bridgehead atoms. The number of carbonyl (C=O) groups excluding carboxylic acids is 2. The van der Waals surface area contributed by atoms with Crippen LogP contribution in [0.2, 0.25) is 0 Å². The molecule has 0 N–H and O–H groups in total. The molecule has 1 aliphatic heterocycles. The first-order chi connectivity index (χ1) is 20.3. The molecule has 232 valence electrons. The van der Waals surface area contributed by atoms with E-state index in [-0.39, 0.29) is 18.0 Å². The Bertz CT molecular complexity index is 1180. The SMILES string of the molecule is CCCC(=O)OCCCCCOC(=O)CC[N@@+]1(C)CCc2cc(OC)c(OC)cc2[C@H]1Cc1ccc(OC)c(OC)c1. The molecule has 2 aromatic rings. The van der Waals surface area contributed by atoms with Gasteiger partial charge in [0.25, 0.3) is 0 Å². The molecule has 0 spiro atoms. The number of ether oxygens (including phenoxy) is 6. The lowest BCUT2D eigenvalue weighted by Gasteiger charge is -2.46. The van der Waals surface area contributed by atoms with Crippen molar-refractivity contribution >= 4 is 11.9 Å². The summed E-state index contributed by atoms with van der Waals surface area (Å²) in [5.41, 5.74) is 3.55. The van der Waals surface area contributed by atoms with Crippen molar-refractivity contribution in [2.45, 2.75) is 64.3 Å². The first-order valence-electron chi connectivity index (χ1n) is 14.9. The lowest BCUT2D eigenvalue weighted by molar-refractivity contribution is -0.940. The molecule has 0 amide bonds. The number of nitrogens with zero attached hydrogens (tertiary/aromatic N) is 1. The van der Waals surface area contributed by atoms with Gasteiger partial charge >= 0.3 is 11.9 Å². The van der Waals surface area contributed by atoms with Crippen LogP contribution in [0.15, 0.2) is 30.3 Å². The van der Waals surface area contributed by atoms with Crippen LogP contribution in [-0.2, 0) is 31.9 Å². The zero-order valence-corrected chi connectivity index (χ0v) is 26.2. The van der Waals surface area contributed by atoms with Gasteiger partial charge in [-0.05, 0) is 61.1 Å². The maximum absolute atomic E-state index is 12.8. The molecule has 1 aliphatic rings. The number of carbonyl (C=O) groups is 2. The van der Waals surface area contributed by atoms with Gasteiger partial charge in [-0.25, -0.2) is 0 Å². The second-order valence-corrected chi connectivity index (χ2v) is 11.0. The Morgan fingerprint density at radius 3 is 2.00 bits per heavy atom. The Labute approximate surface area is 250 Å². The number of methoxy groups -OCH3 is 4. The van der Waals surface area contributed by atoms with Gasteiger partial charge in [0, 0.05) is 24.8 Å². The smallest absolute Gasteiger partial charge is 0.311 e. The van der Waals surface area contributed by atoms with Gasteiger partial charge in [-0.3, -0.25) is 9.59 Å². The minimum absolute atomic E-state index is 0.0786. The van der Waals surface area contributed by atoms with E-state index in [1.54, 1.807) is 28.4 Å². The Kier molecular flexibility index (Phi) is 12.8. The first kappa shape index (κ1) is 33.0. The molecule has 2 aromatic carbocycles. The summed E-state index contributed by atoms with van der Waals surface area (Å²) in [7, 11) is 8.80. The number of esters is 2. The molecular weight excluding hydrogens is 538 g/mol. The van der Waals surface area contributed by atoms with Crippen LogP contribution in [-0.4, -0.2) is 78.2 Å². The van der Waals surface area contributed by atoms with Gasteiger partial charge in [0.05, 0.1) is 68.2 Å². The van der Waals surface area contributed by atoms with Crippen molar-refractivity contribution in [3.8, 4) is 23.0 Å². The molecule has 0 aliphatic carbocycles. The van der Waals surface area contributed by atoms with Crippen molar-refractivity contribution in [2.75, 3.05) is 61.8 Å². The molecule has 0 unspecified atom stereocenters. The van der Waals surface area contributed by atoms with E-state index < -0.39 is 0 Å². The second-order valence-electron chi connectivity index (χ2n) is 11.0. The predicted molar refractivity (Wildman–Crippen MR) is 160 cm³/mol. The van der Waals surface area contributed by atoms with E-state index in [0.717, 1.165) is 56.4 Å². The van der Waals surface area contributed by atoms with Crippen LogP contribution in [0.4, 0.5) is 0 Å². The van der Waals surface area contributed by atoms with Crippen molar-refractivity contribution in [1.82, 2.24) is 0 Å². The zero-order chi connectivity index (χ0) is 30.5. The van der Waals surface area contributed by atoms with Gasteiger partial charge in [0.15, 0.2) is 23.0 Å². The summed E-state index contributed by atoms with van der Waals surface area (Å²) in [5, 5.41) is 0. The number of benzene rings is 2. The highest BCUT2D eigenvalue weighted by atomic mass is 16.5. The third-order valence-corrected chi connectivity index (χ3v) is 8.12. The van der Waals surface area contributed by atoms with Crippen molar-refractivity contribution in [3.63, 3.8) is 0 Å².